The van der Waals surface area contributed by atoms with Gasteiger partial charge < -0.3 is 16.4 Å². The molecule has 2 unspecified atom stereocenters. The van der Waals surface area contributed by atoms with E-state index in [-0.39, 0.29) is 17.9 Å². The standard InChI is InChI=1S/C27H29N7OS/c1-15-21(26-33-23-20(36-26)11-12-29-22(23)17-7-8-17)25(32-19-10-9-18(13-19)24(28)35)34-27(31-15)30-14-16-5-3-2-4-6-16/h2-6,11-12,17-19H,7-10,13-14H2,1H3,(H2,28,35)(H2,30,31,32,34). The third-order valence-corrected chi connectivity index (χ3v) is 8.11. The summed E-state index contributed by atoms with van der Waals surface area (Å²) in [5.74, 6) is 1.50. The van der Waals surface area contributed by atoms with E-state index in [1.165, 1.54) is 12.8 Å². The molecule has 4 N–H and O–H groups in total. The number of nitrogens with one attached hydrogen (secondary N) is 2. The quantitative estimate of drug-likeness (QED) is 0.312. The molecule has 2 fully saturated rings. The van der Waals surface area contributed by atoms with Crippen molar-refractivity contribution < 1.29 is 4.79 Å². The molecule has 0 radical (unpaired) electrons. The molecule has 0 spiro atoms. The van der Waals surface area contributed by atoms with E-state index in [9.17, 15) is 4.79 Å². The normalized spacial score (nSPS) is 19.5. The predicted octanol–water partition coefficient (Wildman–Crippen LogP) is 5.01. The van der Waals surface area contributed by atoms with E-state index < -0.39 is 0 Å². The number of carbonyl (C=O) groups is 1. The van der Waals surface area contributed by atoms with Crippen LogP contribution in [0, 0.1) is 12.8 Å². The van der Waals surface area contributed by atoms with E-state index >= 15 is 0 Å². The number of hydrogen-bond acceptors (Lipinski definition) is 8. The fourth-order valence-electron chi connectivity index (χ4n) is 4.99. The number of hydrogen-bond donors (Lipinski definition) is 3. The number of aryl methyl sites for hydroxylation is 1. The van der Waals surface area contributed by atoms with Crippen LogP contribution in [-0.2, 0) is 11.3 Å². The van der Waals surface area contributed by atoms with Crippen LogP contribution in [0.1, 0.15) is 55.0 Å². The average Bonchev–Trinajstić information content (AvgIpc) is 3.45. The molecule has 184 valence electrons. The van der Waals surface area contributed by atoms with Crippen LogP contribution in [0.4, 0.5) is 11.8 Å². The third kappa shape index (κ3) is 4.63. The Morgan fingerprint density at radius 1 is 1.08 bits per heavy atom. The molecule has 6 rings (SSSR count). The van der Waals surface area contributed by atoms with Gasteiger partial charge in [-0.1, -0.05) is 30.3 Å². The largest absolute Gasteiger partial charge is 0.369 e. The summed E-state index contributed by atoms with van der Waals surface area (Å²) in [5.41, 5.74) is 10.6. The predicted molar refractivity (Wildman–Crippen MR) is 143 cm³/mol. The lowest BCUT2D eigenvalue weighted by atomic mass is 10.1. The van der Waals surface area contributed by atoms with Crippen molar-refractivity contribution in [2.75, 3.05) is 10.6 Å². The fraction of sp³-hybridized carbons (Fsp3) is 0.370. The Morgan fingerprint density at radius 2 is 1.92 bits per heavy atom. The summed E-state index contributed by atoms with van der Waals surface area (Å²) in [4.78, 5) is 31.1. The second-order valence-corrected chi connectivity index (χ2v) is 10.8. The lowest BCUT2D eigenvalue weighted by molar-refractivity contribution is -0.121. The molecule has 2 aliphatic rings. The van der Waals surface area contributed by atoms with Crippen molar-refractivity contribution in [3.63, 3.8) is 0 Å². The first-order valence-electron chi connectivity index (χ1n) is 12.5. The van der Waals surface area contributed by atoms with E-state index in [2.05, 4.69) is 27.8 Å². The van der Waals surface area contributed by atoms with E-state index in [1.54, 1.807) is 11.3 Å². The first kappa shape index (κ1) is 22.8. The number of rotatable bonds is 8. The molecule has 8 nitrogen and oxygen atoms in total. The maximum Gasteiger partial charge on any atom is 0.225 e. The molecule has 36 heavy (non-hydrogen) atoms. The summed E-state index contributed by atoms with van der Waals surface area (Å²) in [6, 6.07) is 12.3. The van der Waals surface area contributed by atoms with Crippen molar-refractivity contribution in [3.8, 4) is 10.6 Å². The summed E-state index contributed by atoms with van der Waals surface area (Å²) in [5, 5.41) is 7.87. The number of fused-ring (bicyclic) bond motifs is 1. The van der Waals surface area contributed by atoms with Gasteiger partial charge in [-0.3, -0.25) is 9.78 Å². The highest BCUT2D eigenvalue weighted by Crippen LogP contribution is 2.44. The molecule has 3 aromatic heterocycles. The van der Waals surface area contributed by atoms with Crippen LogP contribution in [0.15, 0.2) is 42.6 Å². The van der Waals surface area contributed by atoms with E-state index in [4.69, 9.17) is 20.7 Å². The van der Waals surface area contributed by atoms with E-state index in [1.807, 2.05) is 37.4 Å². The first-order valence-corrected chi connectivity index (χ1v) is 13.3. The molecule has 9 heteroatoms. The Hall–Kier alpha value is -3.59. The van der Waals surface area contributed by atoms with Gasteiger partial charge in [-0.05, 0) is 50.7 Å². The van der Waals surface area contributed by atoms with Crippen LogP contribution >= 0.6 is 11.3 Å². The topological polar surface area (TPSA) is 119 Å². The van der Waals surface area contributed by atoms with Gasteiger partial charge in [0.15, 0.2) is 0 Å². The van der Waals surface area contributed by atoms with Crippen LogP contribution in [-0.4, -0.2) is 31.9 Å². The number of nitrogens with two attached hydrogens (primary N) is 1. The number of carbonyl (C=O) groups excluding carboxylic acids is 1. The molecular weight excluding hydrogens is 470 g/mol. The minimum atomic E-state index is -0.227. The second-order valence-electron chi connectivity index (χ2n) is 9.79. The molecule has 4 aromatic rings. The van der Waals surface area contributed by atoms with Gasteiger partial charge in [0.2, 0.25) is 11.9 Å². The monoisotopic (exact) mass is 499 g/mol. The summed E-state index contributed by atoms with van der Waals surface area (Å²) in [7, 11) is 0. The Balaban J connectivity index is 1.36. The van der Waals surface area contributed by atoms with Crippen LogP contribution in [0.25, 0.3) is 20.8 Å². The van der Waals surface area contributed by atoms with Gasteiger partial charge >= 0.3 is 0 Å². The summed E-state index contributed by atoms with van der Waals surface area (Å²) in [6.07, 6.45) is 6.62. The van der Waals surface area contributed by atoms with E-state index in [0.717, 1.165) is 56.4 Å². The summed E-state index contributed by atoms with van der Waals surface area (Å²) >= 11 is 1.65. The van der Waals surface area contributed by atoms with E-state index in [0.29, 0.717) is 24.8 Å². The van der Waals surface area contributed by atoms with Crippen LogP contribution in [0.2, 0.25) is 0 Å². The zero-order valence-corrected chi connectivity index (χ0v) is 21.0. The van der Waals surface area contributed by atoms with Crippen molar-refractivity contribution in [1.29, 1.82) is 0 Å². The van der Waals surface area contributed by atoms with Gasteiger partial charge in [0, 0.05) is 30.6 Å². The van der Waals surface area contributed by atoms with Crippen molar-refractivity contribution in [2.24, 2.45) is 11.7 Å². The molecule has 0 saturated heterocycles. The Morgan fingerprint density at radius 3 is 2.67 bits per heavy atom. The Labute approximate surface area is 213 Å². The molecular formula is C27H29N7OS. The van der Waals surface area contributed by atoms with Gasteiger partial charge in [0.25, 0.3) is 0 Å². The Kier molecular flexibility index (Phi) is 6.00. The highest BCUT2D eigenvalue weighted by molar-refractivity contribution is 7.21. The number of primary amides is 1. The van der Waals surface area contributed by atoms with Crippen LogP contribution in [0.3, 0.4) is 0 Å². The van der Waals surface area contributed by atoms with Gasteiger partial charge in [-0.15, -0.1) is 11.3 Å². The first-order chi connectivity index (χ1) is 17.5. The van der Waals surface area contributed by atoms with Gasteiger partial charge in [-0.2, -0.15) is 4.98 Å². The van der Waals surface area contributed by atoms with Crippen molar-refractivity contribution in [1.82, 2.24) is 19.9 Å². The zero-order valence-electron chi connectivity index (χ0n) is 20.2. The number of nitrogens with zero attached hydrogens (tertiary/aromatic N) is 4. The number of pyridine rings is 1. The highest BCUT2D eigenvalue weighted by Gasteiger charge is 2.31. The van der Waals surface area contributed by atoms with Crippen LogP contribution < -0.4 is 16.4 Å². The summed E-state index contributed by atoms with van der Waals surface area (Å²) in [6.45, 7) is 2.63. The van der Waals surface area contributed by atoms with Gasteiger partial charge in [0.05, 0.1) is 21.7 Å². The number of amides is 1. The number of benzene rings is 1. The Bertz CT molecular complexity index is 1420. The van der Waals surface area contributed by atoms with Crippen molar-refractivity contribution >= 4 is 39.2 Å². The maximum atomic E-state index is 11.8. The minimum absolute atomic E-state index is 0.0980. The van der Waals surface area contributed by atoms with Crippen LogP contribution in [0.5, 0.6) is 0 Å². The molecule has 1 aromatic carbocycles. The number of anilines is 2. The lowest BCUT2D eigenvalue weighted by Crippen LogP contribution is -2.24. The third-order valence-electron chi connectivity index (χ3n) is 7.07. The molecule has 0 aliphatic heterocycles. The number of thiazole rings is 1. The van der Waals surface area contributed by atoms with Crippen molar-refractivity contribution in [2.45, 2.75) is 57.5 Å². The smallest absolute Gasteiger partial charge is 0.225 e. The average molecular weight is 500 g/mol. The fourth-order valence-corrected chi connectivity index (χ4v) is 6.06. The minimum Gasteiger partial charge on any atom is -0.369 e. The highest BCUT2D eigenvalue weighted by atomic mass is 32.1. The molecule has 2 saturated carbocycles. The zero-order chi connectivity index (χ0) is 24.6. The molecule has 2 aliphatic carbocycles. The molecule has 2 atom stereocenters. The lowest BCUT2D eigenvalue weighted by Gasteiger charge is -2.18. The van der Waals surface area contributed by atoms with Gasteiger partial charge in [0.1, 0.15) is 16.3 Å². The maximum absolute atomic E-state index is 11.8. The molecule has 1 amide bonds. The second kappa shape index (κ2) is 9.46. The molecule has 3 heterocycles. The van der Waals surface area contributed by atoms with Gasteiger partial charge in [-0.25, -0.2) is 9.97 Å². The SMILES string of the molecule is Cc1nc(NCc2ccccc2)nc(NC2CCC(C(N)=O)C2)c1-c1nc2c(C3CC3)nccc2s1. The number of aromatic nitrogens is 4. The molecule has 0 bridgehead atoms. The summed E-state index contributed by atoms with van der Waals surface area (Å²) < 4.78 is 1.13. The van der Waals surface area contributed by atoms with Crippen molar-refractivity contribution in [3.05, 3.63) is 59.5 Å².